The second-order valence-corrected chi connectivity index (χ2v) is 5.34. The van der Waals surface area contributed by atoms with E-state index in [1.54, 1.807) is 11.8 Å². The fraction of sp³-hybridized carbons (Fsp3) is 0.200. The molecule has 0 unspecified atom stereocenters. The van der Waals surface area contributed by atoms with Gasteiger partial charge in [-0.1, -0.05) is 0 Å². The van der Waals surface area contributed by atoms with Crippen LogP contribution in [0.4, 0.5) is 5.69 Å². The highest BCUT2D eigenvalue weighted by molar-refractivity contribution is 7.97. The van der Waals surface area contributed by atoms with Gasteiger partial charge in [-0.15, -0.1) is 10.2 Å². The maximum atomic E-state index is 5.71. The number of nitrogens with zero attached hydrogens (tertiary/aromatic N) is 2. The van der Waals surface area contributed by atoms with Gasteiger partial charge in [0.25, 0.3) is 0 Å². The largest absolute Gasteiger partial charge is 0.463 e. The van der Waals surface area contributed by atoms with Gasteiger partial charge in [-0.2, -0.15) is 11.8 Å². The number of nitrogens with one attached hydrogen (secondary N) is 1. The lowest BCUT2D eigenvalue weighted by Gasteiger charge is -2.04. The van der Waals surface area contributed by atoms with Gasteiger partial charge >= 0.3 is 0 Å². The lowest BCUT2D eigenvalue weighted by molar-refractivity contribution is 0.487. The summed E-state index contributed by atoms with van der Waals surface area (Å²) in [6.45, 7) is 0.661. The van der Waals surface area contributed by atoms with Crippen molar-refractivity contribution in [3.63, 3.8) is 0 Å². The van der Waals surface area contributed by atoms with E-state index in [1.807, 2.05) is 36.4 Å². The second kappa shape index (κ2) is 6.49. The summed E-state index contributed by atoms with van der Waals surface area (Å²) in [5, 5.41) is 10.9. The van der Waals surface area contributed by atoms with Crippen molar-refractivity contribution in [2.75, 3.05) is 11.6 Å². The Hall–Kier alpha value is -2.21. The molecule has 0 atom stereocenters. The molecule has 0 spiro atoms. The van der Waals surface area contributed by atoms with Crippen LogP contribution in [0.2, 0.25) is 0 Å². The third-order valence-electron chi connectivity index (χ3n) is 2.96. The molecule has 2 aromatic heterocycles. The Kier molecular flexibility index (Phi) is 4.25. The monoisotopic (exact) mass is 301 g/mol. The molecule has 6 heteroatoms. The molecule has 3 aromatic rings. The Morgan fingerprint density at radius 1 is 1.10 bits per heavy atom. The number of anilines is 1. The summed E-state index contributed by atoms with van der Waals surface area (Å²) in [6.07, 6.45) is 3.38. The van der Waals surface area contributed by atoms with E-state index in [1.165, 1.54) is 6.39 Å². The number of thioether (sulfide) groups is 1. The van der Waals surface area contributed by atoms with Gasteiger partial charge in [0, 0.05) is 11.3 Å². The van der Waals surface area contributed by atoms with Crippen LogP contribution in [-0.2, 0) is 12.3 Å². The average molecular weight is 301 g/mol. The van der Waals surface area contributed by atoms with E-state index in [2.05, 4.69) is 21.8 Å². The predicted octanol–water partition coefficient (Wildman–Crippen LogP) is 3.80. The Labute approximate surface area is 126 Å². The molecule has 0 saturated carbocycles. The molecular formula is C15H15N3O2S. The van der Waals surface area contributed by atoms with Crippen molar-refractivity contribution in [2.24, 2.45) is 0 Å². The second-order valence-electron chi connectivity index (χ2n) is 4.48. The molecule has 1 aromatic carbocycles. The Morgan fingerprint density at radius 2 is 1.90 bits per heavy atom. The molecule has 0 aliphatic rings. The van der Waals surface area contributed by atoms with E-state index in [4.69, 9.17) is 8.83 Å². The molecule has 2 heterocycles. The van der Waals surface area contributed by atoms with Crippen LogP contribution in [0.25, 0.3) is 11.5 Å². The van der Waals surface area contributed by atoms with Crippen molar-refractivity contribution in [2.45, 2.75) is 12.3 Å². The van der Waals surface area contributed by atoms with Gasteiger partial charge in [0.2, 0.25) is 12.3 Å². The summed E-state index contributed by atoms with van der Waals surface area (Å²) in [7, 11) is 0. The molecule has 5 nitrogen and oxygen atoms in total. The Bertz CT molecular complexity index is 677. The molecule has 0 amide bonds. The number of aromatic nitrogens is 2. The van der Waals surface area contributed by atoms with E-state index in [-0.39, 0.29) is 0 Å². The minimum Gasteiger partial charge on any atom is -0.463 e. The summed E-state index contributed by atoms with van der Waals surface area (Å²) >= 11 is 1.75. The van der Waals surface area contributed by atoms with Crippen LogP contribution in [0.15, 0.2) is 51.6 Å². The van der Waals surface area contributed by atoms with Crippen molar-refractivity contribution in [1.29, 1.82) is 0 Å². The highest BCUT2D eigenvalue weighted by Crippen LogP contribution is 2.20. The number of hydrogen-bond acceptors (Lipinski definition) is 6. The maximum absolute atomic E-state index is 5.71. The highest BCUT2D eigenvalue weighted by atomic mass is 32.2. The van der Waals surface area contributed by atoms with Crippen LogP contribution in [0.3, 0.4) is 0 Å². The normalized spacial score (nSPS) is 10.7. The smallest absolute Gasteiger partial charge is 0.247 e. The molecule has 0 fully saturated rings. The van der Waals surface area contributed by atoms with Crippen LogP contribution in [0, 0.1) is 0 Å². The van der Waals surface area contributed by atoms with Crippen LogP contribution in [0.1, 0.15) is 11.5 Å². The molecule has 0 bridgehead atoms. The molecular weight excluding hydrogens is 286 g/mol. The molecule has 0 aliphatic carbocycles. The first kappa shape index (κ1) is 13.8. The minimum absolute atomic E-state index is 0.522. The molecule has 3 rings (SSSR count). The van der Waals surface area contributed by atoms with Crippen molar-refractivity contribution < 1.29 is 8.83 Å². The molecule has 0 saturated heterocycles. The van der Waals surface area contributed by atoms with Gasteiger partial charge in [-0.25, -0.2) is 0 Å². The zero-order chi connectivity index (χ0) is 14.5. The van der Waals surface area contributed by atoms with Gasteiger partial charge in [-0.3, -0.25) is 0 Å². The van der Waals surface area contributed by atoms with Gasteiger partial charge in [0.15, 0.2) is 0 Å². The fourth-order valence-corrected chi connectivity index (χ4v) is 2.40. The van der Waals surface area contributed by atoms with Crippen LogP contribution in [0.5, 0.6) is 0 Å². The zero-order valence-corrected chi connectivity index (χ0v) is 12.4. The predicted molar refractivity (Wildman–Crippen MR) is 83.0 cm³/mol. The summed E-state index contributed by atoms with van der Waals surface area (Å²) in [5.74, 6) is 3.36. The third-order valence-corrected chi connectivity index (χ3v) is 3.54. The van der Waals surface area contributed by atoms with E-state index < -0.39 is 0 Å². The molecule has 0 aliphatic heterocycles. The molecule has 108 valence electrons. The van der Waals surface area contributed by atoms with Crippen molar-refractivity contribution >= 4 is 17.4 Å². The Balaban J connectivity index is 1.60. The van der Waals surface area contributed by atoms with Gasteiger partial charge < -0.3 is 14.2 Å². The van der Waals surface area contributed by atoms with Crippen LogP contribution in [-0.4, -0.2) is 16.5 Å². The first-order chi connectivity index (χ1) is 10.3. The summed E-state index contributed by atoms with van der Waals surface area (Å²) in [6, 6.07) is 11.9. The molecule has 0 radical (unpaired) electrons. The SMILES string of the molecule is CSCc1ccc(CNc2ccc(-c3nnco3)cc2)o1. The summed E-state index contributed by atoms with van der Waals surface area (Å²) in [4.78, 5) is 0. The number of hydrogen-bond donors (Lipinski definition) is 1. The van der Waals surface area contributed by atoms with Crippen LogP contribution < -0.4 is 5.32 Å². The quantitative estimate of drug-likeness (QED) is 0.747. The lowest BCUT2D eigenvalue weighted by Crippen LogP contribution is -1.97. The number of furan rings is 1. The first-order valence-corrected chi connectivity index (χ1v) is 7.91. The van der Waals surface area contributed by atoms with Gasteiger partial charge in [0.1, 0.15) is 11.5 Å². The maximum Gasteiger partial charge on any atom is 0.247 e. The van der Waals surface area contributed by atoms with E-state index in [9.17, 15) is 0 Å². The zero-order valence-electron chi connectivity index (χ0n) is 11.6. The molecule has 1 N–H and O–H groups in total. The van der Waals surface area contributed by atoms with E-state index in [0.29, 0.717) is 12.4 Å². The van der Waals surface area contributed by atoms with Crippen LogP contribution >= 0.6 is 11.8 Å². The Morgan fingerprint density at radius 3 is 2.62 bits per heavy atom. The lowest BCUT2D eigenvalue weighted by atomic mass is 10.2. The fourth-order valence-electron chi connectivity index (χ4n) is 1.96. The van der Waals surface area contributed by atoms with Crippen molar-refractivity contribution in [1.82, 2.24) is 10.2 Å². The number of rotatable bonds is 6. The first-order valence-electron chi connectivity index (χ1n) is 6.52. The van der Waals surface area contributed by atoms with Gasteiger partial charge in [0.05, 0.1) is 12.3 Å². The van der Waals surface area contributed by atoms with E-state index in [0.717, 1.165) is 28.5 Å². The van der Waals surface area contributed by atoms with E-state index >= 15 is 0 Å². The summed E-state index contributed by atoms with van der Waals surface area (Å²) in [5.41, 5.74) is 1.92. The average Bonchev–Trinajstić information content (AvgIpc) is 3.18. The van der Waals surface area contributed by atoms with Gasteiger partial charge in [-0.05, 0) is 42.7 Å². The standard InChI is InChI=1S/C15H15N3O2S/c1-21-9-14-7-6-13(20-14)8-16-12-4-2-11(3-5-12)15-18-17-10-19-15/h2-7,10,16H,8-9H2,1H3. The molecule has 21 heavy (non-hydrogen) atoms. The van der Waals surface area contributed by atoms with Crippen molar-refractivity contribution in [3.05, 3.63) is 54.3 Å². The summed E-state index contributed by atoms with van der Waals surface area (Å²) < 4.78 is 10.9. The third kappa shape index (κ3) is 3.46. The number of benzene rings is 1. The highest BCUT2D eigenvalue weighted by Gasteiger charge is 2.04. The van der Waals surface area contributed by atoms with Crippen molar-refractivity contribution in [3.8, 4) is 11.5 Å². The minimum atomic E-state index is 0.522. The topological polar surface area (TPSA) is 64.1 Å².